The zero-order chi connectivity index (χ0) is 36.9. The number of benzene rings is 2. The molecule has 3 N–H and O–H groups in total. The van der Waals surface area contributed by atoms with E-state index in [2.05, 4.69) is 60.6 Å². The minimum Gasteiger partial charge on any atom is -0.388 e. The number of nitrogens with one attached hydrogen (secondary N) is 3. The first kappa shape index (κ1) is 50.5. The number of guanidine groups is 1. The number of anilines is 3. The van der Waals surface area contributed by atoms with Crippen molar-refractivity contribution < 1.29 is 9.53 Å². The van der Waals surface area contributed by atoms with Crippen molar-refractivity contribution >= 4 is 47.4 Å². The Morgan fingerprint density at radius 2 is 1.53 bits per heavy atom. The van der Waals surface area contributed by atoms with Crippen molar-refractivity contribution in [1.29, 1.82) is 0 Å². The van der Waals surface area contributed by atoms with E-state index in [1.54, 1.807) is 31.4 Å². The van der Waals surface area contributed by atoms with Crippen molar-refractivity contribution in [3.8, 4) is 0 Å². The molecule has 0 fully saturated rings. The zero-order valence-corrected chi connectivity index (χ0v) is 33.2. The molecule has 0 saturated heterocycles. The fourth-order valence-corrected chi connectivity index (χ4v) is 2.78. The molecule has 47 heavy (non-hydrogen) atoms. The first-order chi connectivity index (χ1) is 22.6. The molecule has 2 rings (SSSR count). The van der Waals surface area contributed by atoms with Crippen molar-refractivity contribution in [2.75, 3.05) is 43.0 Å². The summed E-state index contributed by atoms with van der Waals surface area (Å²) < 4.78 is 4.85. The second-order valence-corrected chi connectivity index (χ2v) is 11.3. The number of allylic oxidation sites excluding steroid dienone is 3. The lowest BCUT2D eigenvalue weighted by molar-refractivity contribution is -0.104. The van der Waals surface area contributed by atoms with Gasteiger partial charge in [0, 0.05) is 44.0 Å². The van der Waals surface area contributed by atoms with Gasteiger partial charge in [-0.05, 0) is 79.7 Å². The molecule has 0 spiro atoms. The van der Waals surface area contributed by atoms with Gasteiger partial charge in [-0.15, -0.1) is 11.8 Å². The summed E-state index contributed by atoms with van der Waals surface area (Å²) in [5.74, 6) is 1.78. The summed E-state index contributed by atoms with van der Waals surface area (Å²) in [6.45, 7) is 25.7. The number of methoxy groups -OCH3 is 1. The second kappa shape index (κ2) is 38.8. The monoisotopic (exact) mass is 672 g/mol. The molecule has 0 bridgehead atoms. The van der Waals surface area contributed by atoms with Crippen LogP contribution in [-0.2, 0) is 9.53 Å². The minimum atomic E-state index is 0.491. The maximum atomic E-state index is 9.62. The highest BCUT2D eigenvalue weighted by molar-refractivity contribution is 8.02. The van der Waals surface area contributed by atoms with Crippen LogP contribution in [0.1, 0.15) is 94.6 Å². The lowest BCUT2D eigenvalue weighted by Gasteiger charge is -2.07. The summed E-state index contributed by atoms with van der Waals surface area (Å²) >= 11 is 1.65. The molecule has 2 aromatic rings. The van der Waals surface area contributed by atoms with E-state index in [1.165, 1.54) is 24.5 Å². The van der Waals surface area contributed by atoms with Crippen LogP contribution in [0.15, 0.2) is 81.8 Å². The minimum absolute atomic E-state index is 0.491. The number of aldehydes is 1. The fraction of sp³-hybridized carbons (Fsp3) is 0.513. The van der Waals surface area contributed by atoms with E-state index < -0.39 is 0 Å². The number of nitrogens with zero attached hydrogens (tertiary/aromatic N) is 2. The van der Waals surface area contributed by atoms with E-state index in [1.807, 2.05) is 116 Å². The van der Waals surface area contributed by atoms with Crippen LogP contribution >= 0.6 is 11.8 Å². The van der Waals surface area contributed by atoms with Gasteiger partial charge in [-0.3, -0.25) is 4.79 Å². The molecule has 0 heterocycles. The normalized spacial score (nSPS) is 10.6. The van der Waals surface area contributed by atoms with Crippen molar-refractivity contribution in [2.24, 2.45) is 21.8 Å². The van der Waals surface area contributed by atoms with Gasteiger partial charge in [-0.2, -0.15) is 0 Å². The van der Waals surface area contributed by atoms with Gasteiger partial charge in [-0.1, -0.05) is 105 Å². The van der Waals surface area contributed by atoms with Crippen LogP contribution < -0.4 is 16.0 Å². The number of rotatable bonds is 11. The largest absolute Gasteiger partial charge is 0.388 e. The van der Waals surface area contributed by atoms with E-state index in [0.717, 1.165) is 40.8 Å². The molecule has 2 aromatic carbocycles. The van der Waals surface area contributed by atoms with Gasteiger partial charge < -0.3 is 20.7 Å². The highest BCUT2D eigenvalue weighted by Crippen LogP contribution is 2.14. The molecule has 0 radical (unpaired) electrons. The Bertz CT molecular complexity index is 1080. The Balaban J connectivity index is -0.000000360. The Morgan fingerprint density at radius 1 is 0.957 bits per heavy atom. The molecule has 7 nitrogen and oxygen atoms in total. The predicted molar refractivity (Wildman–Crippen MR) is 218 cm³/mol. The Morgan fingerprint density at radius 3 is 1.96 bits per heavy atom. The van der Waals surface area contributed by atoms with E-state index in [0.29, 0.717) is 11.9 Å². The Kier molecular flexibility index (Phi) is 41.7. The molecule has 8 heteroatoms. The van der Waals surface area contributed by atoms with Crippen LogP contribution in [0.5, 0.6) is 0 Å². The molecule has 0 aliphatic heterocycles. The Labute approximate surface area is 294 Å². The molecule has 0 aliphatic carbocycles. The number of ether oxygens (including phenoxy) is 1. The van der Waals surface area contributed by atoms with Gasteiger partial charge in [0.25, 0.3) is 0 Å². The van der Waals surface area contributed by atoms with Gasteiger partial charge in [0.1, 0.15) is 6.29 Å². The highest BCUT2D eigenvalue weighted by atomic mass is 32.2. The average molecular weight is 672 g/mol. The fourth-order valence-electron chi connectivity index (χ4n) is 2.62. The van der Waals surface area contributed by atoms with Crippen molar-refractivity contribution in [3.63, 3.8) is 0 Å². The third-order valence-corrected chi connectivity index (χ3v) is 5.79. The highest BCUT2D eigenvalue weighted by Gasteiger charge is 1.98. The maximum absolute atomic E-state index is 9.62. The Hall–Kier alpha value is -3.36. The van der Waals surface area contributed by atoms with Crippen LogP contribution in [0, 0.1) is 18.8 Å². The summed E-state index contributed by atoms with van der Waals surface area (Å²) in [5.41, 5.74) is 4.14. The lowest BCUT2D eigenvalue weighted by Crippen LogP contribution is -2.10. The summed E-state index contributed by atoms with van der Waals surface area (Å²) in [4.78, 5) is 19.6. The van der Waals surface area contributed by atoms with E-state index >= 15 is 0 Å². The molecule has 0 aromatic heterocycles. The first-order valence-corrected chi connectivity index (χ1v) is 18.1. The zero-order valence-electron chi connectivity index (χ0n) is 32.4. The van der Waals surface area contributed by atoms with E-state index in [9.17, 15) is 4.79 Å². The average Bonchev–Trinajstić information content (AvgIpc) is 3.08. The van der Waals surface area contributed by atoms with Crippen LogP contribution in [-0.4, -0.2) is 45.6 Å². The van der Waals surface area contributed by atoms with Gasteiger partial charge in [0.05, 0.1) is 6.34 Å². The van der Waals surface area contributed by atoms with Crippen molar-refractivity contribution in [1.82, 2.24) is 0 Å². The van der Waals surface area contributed by atoms with Gasteiger partial charge in [0.15, 0.2) is 0 Å². The summed E-state index contributed by atoms with van der Waals surface area (Å²) in [7, 11) is 3.63. The first-order valence-electron chi connectivity index (χ1n) is 16.9. The molecule has 0 saturated carbocycles. The van der Waals surface area contributed by atoms with Gasteiger partial charge >= 0.3 is 0 Å². The smallest absolute Gasteiger partial charge is 0.228 e. The molecular weight excluding hydrogens is 603 g/mol. The van der Waals surface area contributed by atoms with Gasteiger partial charge in [-0.25, -0.2) is 9.98 Å². The summed E-state index contributed by atoms with van der Waals surface area (Å²) in [6.07, 6.45) is 12.1. The van der Waals surface area contributed by atoms with E-state index in [4.69, 9.17) is 4.74 Å². The molecular formula is C39H69N5O2S. The van der Waals surface area contributed by atoms with E-state index in [-0.39, 0.29) is 0 Å². The number of carbonyl (C=O) groups is 1. The van der Waals surface area contributed by atoms with Crippen LogP contribution in [0.4, 0.5) is 17.1 Å². The second-order valence-electron chi connectivity index (χ2n) is 10.3. The summed E-state index contributed by atoms with van der Waals surface area (Å²) in [5, 5.41) is 9.52. The van der Waals surface area contributed by atoms with Crippen molar-refractivity contribution in [3.05, 3.63) is 77.4 Å². The third-order valence-electron chi connectivity index (χ3n) is 5.04. The molecule has 0 unspecified atom stereocenters. The number of aliphatic imine (C=N–C) groups is 2. The summed E-state index contributed by atoms with van der Waals surface area (Å²) in [6, 6.07) is 16.1. The number of hydrogen-bond donors (Lipinski definition) is 3. The SMILES string of the molecule is CC.CC.CC(C)/C=C/C=O.CCC.CNc1cccc(N/C=N/C(=N\C=C(/C)SC)Nc2ccc(C)cc2)c1.COCCC(C)C. The maximum Gasteiger partial charge on any atom is 0.228 e. The standard InChI is InChI=1S/C20H25N5S.C6H14O.C6H10O.C3H8.2C2H6/c1-15-8-10-17(11-9-15)25-20(22-13-16(2)26-4)24-14-23-19-7-5-6-18(12-19)21-3;1-6(2)4-5-7-3;1-6(2)4-3-5-7;1-3-2;2*1-2/h5-14,21H,1-4H3,(H2,22,23,24,25);6H,4-5H2,1-3H3;3-6H,1-2H3;3H2,1-2H3;2*1-2H3/b16-13+;;4-3+;;;. The number of hydrogen-bond acceptors (Lipinski definition) is 5. The molecule has 0 amide bonds. The molecule has 0 atom stereocenters. The third kappa shape index (κ3) is 37.0. The lowest BCUT2D eigenvalue weighted by atomic mass is 10.1. The topological polar surface area (TPSA) is 87.1 Å². The predicted octanol–water partition coefficient (Wildman–Crippen LogP) is 11.7. The van der Waals surface area contributed by atoms with Crippen LogP contribution in [0.25, 0.3) is 0 Å². The van der Waals surface area contributed by atoms with Crippen molar-refractivity contribution in [2.45, 2.75) is 95.9 Å². The molecule has 0 aliphatic rings. The number of carbonyl (C=O) groups excluding carboxylic acids is 1. The van der Waals surface area contributed by atoms with Crippen LogP contribution in [0.2, 0.25) is 0 Å². The number of thioether (sulfide) groups is 1. The molecule has 268 valence electrons. The number of aryl methyl sites for hydroxylation is 1. The van der Waals surface area contributed by atoms with Crippen LogP contribution in [0.3, 0.4) is 0 Å². The van der Waals surface area contributed by atoms with Gasteiger partial charge in [0.2, 0.25) is 5.96 Å². The quantitative estimate of drug-likeness (QED) is 0.0954.